The number of nitrogens with zero attached hydrogens (tertiary/aromatic N) is 2. The minimum atomic E-state index is 0.0214. The number of aryl methyl sites for hydroxylation is 1. The fraction of sp³-hybridized carbons (Fsp3) is 0.250. The van der Waals surface area contributed by atoms with Gasteiger partial charge in [0, 0.05) is 11.9 Å². The molecule has 0 spiro atoms. The number of carbonyl (C=O) groups is 1. The first kappa shape index (κ1) is 17.4. The standard InChI is InChI=1S/C20H21N3OS/c1-14(16-8-4-3-5-9-16)12-21-19(24)13-25-20-17-10-6-7-11-18(17)22-15(2)23-20/h3-11,14H,12-13H2,1-2H3,(H,21,24)/t14-/m1/s1. The number of carbonyl (C=O) groups excluding carboxylic acids is 1. The molecule has 25 heavy (non-hydrogen) atoms. The van der Waals surface area contributed by atoms with Gasteiger partial charge in [-0.1, -0.05) is 67.2 Å². The summed E-state index contributed by atoms with van der Waals surface area (Å²) in [5, 5.41) is 4.86. The number of nitrogens with one attached hydrogen (secondary N) is 1. The molecule has 0 saturated carbocycles. The average molecular weight is 351 g/mol. The minimum absolute atomic E-state index is 0.0214. The highest BCUT2D eigenvalue weighted by atomic mass is 32.2. The van der Waals surface area contributed by atoms with Crippen LogP contribution in [-0.2, 0) is 4.79 Å². The first-order valence-corrected chi connectivity index (χ1v) is 9.30. The maximum absolute atomic E-state index is 12.2. The van der Waals surface area contributed by atoms with Crippen LogP contribution in [0.3, 0.4) is 0 Å². The molecule has 128 valence electrons. The molecule has 2 aromatic carbocycles. The molecule has 1 heterocycles. The van der Waals surface area contributed by atoms with Crippen LogP contribution in [0.2, 0.25) is 0 Å². The van der Waals surface area contributed by atoms with Crippen LogP contribution in [0.25, 0.3) is 10.9 Å². The Hall–Kier alpha value is -2.40. The number of amides is 1. The molecule has 1 aromatic heterocycles. The Kier molecular flexibility index (Phi) is 5.66. The molecule has 0 saturated heterocycles. The predicted octanol–water partition coefficient (Wildman–Crippen LogP) is 3.95. The summed E-state index contributed by atoms with van der Waals surface area (Å²) in [6.07, 6.45) is 0. The van der Waals surface area contributed by atoms with E-state index in [0.29, 0.717) is 12.3 Å². The quantitative estimate of drug-likeness (QED) is 0.540. The first-order chi connectivity index (χ1) is 12.1. The molecule has 3 aromatic rings. The van der Waals surface area contributed by atoms with E-state index in [2.05, 4.69) is 34.3 Å². The zero-order valence-electron chi connectivity index (χ0n) is 14.4. The third kappa shape index (κ3) is 4.57. The van der Waals surface area contributed by atoms with Gasteiger partial charge >= 0.3 is 0 Å². The Morgan fingerprint density at radius 2 is 1.80 bits per heavy atom. The van der Waals surface area contributed by atoms with Crippen molar-refractivity contribution in [3.8, 4) is 0 Å². The van der Waals surface area contributed by atoms with E-state index in [1.807, 2.05) is 49.4 Å². The van der Waals surface area contributed by atoms with Gasteiger partial charge in [-0.2, -0.15) is 0 Å². The number of fused-ring (bicyclic) bond motifs is 1. The fourth-order valence-electron chi connectivity index (χ4n) is 2.62. The van der Waals surface area contributed by atoms with E-state index in [9.17, 15) is 4.79 Å². The van der Waals surface area contributed by atoms with E-state index >= 15 is 0 Å². The lowest BCUT2D eigenvalue weighted by atomic mass is 10.0. The summed E-state index contributed by atoms with van der Waals surface area (Å²) in [6, 6.07) is 18.1. The lowest BCUT2D eigenvalue weighted by molar-refractivity contribution is -0.118. The smallest absolute Gasteiger partial charge is 0.230 e. The van der Waals surface area contributed by atoms with Crippen molar-refractivity contribution in [2.45, 2.75) is 24.8 Å². The van der Waals surface area contributed by atoms with Crippen LogP contribution in [0, 0.1) is 6.92 Å². The Morgan fingerprint density at radius 3 is 2.60 bits per heavy atom. The third-order valence-corrected chi connectivity index (χ3v) is 4.99. The van der Waals surface area contributed by atoms with Crippen LogP contribution in [0.1, 0.15) is 24.2 Å². The zero-order valence-corrected chi connectivity index (χ0v) is 15.2. The minimum Gasteiger partial charge on any atom is -0.355 e. The van der Waals surface area contributed by atoms with Gasteiger partial charge in [0.2, 0.25) is 5.91 Å². The van der Waals surface area contributed by atoms with Gasteiger partial charge in [-0.15, -0.1) is 0 Å². The van der Waals surface area contributed by atoms with Crippen LogP contribution in [0.4, 0.5) is 0 Å². The Balaban J connectivity index is 1.58. The van der Waals surface area contributed by atoms with Crippen LogP contribution in [0.5, 0.6) is 0 Å². The Bertz CT molecular complexity index is 867. The van der Waals surface area contributed by atoms with E-state index < -0.39 is 0 Å². The SMILES string of the molecule is Cc1nc(SCC(=O)NC[C@@H](C)c2ccccc2)c2ccccc2n1. The van der Waals surface area contributed by atoms with E-state index in [-0.39, 0.29) is 11.8 Å². The molecule has 1 amide bonds. The lowest BCUT2D eigenvalue weighted by Crippen LogP contribution is -2.29. The fourth-order valence-corrected chi connectivity index (χ4v) is 3.51. The molecule has 5 heteroatoms. The van der Waals surface area contributed by atoms with Crippen LogP contribution >= 0.6 is 11.8 Å². The molecule has 0 aliphatic carbocycles. The summed E-state index contributed by atoms with van der Waals surface area (Å²) < 4.78 is 0. The van der Waals surface area contributed by atoms with Gasteiger partial charge in [0.05, 0.1) is 11.3 Å². The molecule has 1 atom stereocenters. The van der Waals surface area contributed by atoms with Crippen molar-refractivity contribution in [3.63, 3.8) is 0 Å². The molecule has 0 aliphatic rings. The average Bonchev–Trinajstić information content (AvgIpc) is 2.64. The van der Waals surface area contributed by atoms with Gasteiger partial charge in [-0.25, -0.2) is 9.97 Å². The Labute approximate surface area is 152 Å². The maximum Gasteiger partial charge on any atom is 0.230 e. The summed E-state index contributed by atoms with van der Waals surface area (Å²) in [5.74, 6) is 1.38. The largest absolute Gasteiger partial charge is 0.355 e. The van der Waals surface area contributed by atoms with Crippen molar-refractivity contribution in [3.05, 3.63) is 66.0 Å². The third-order valence-electron chi connectivity index (χ3n) is 3.99. The van der Waals surface area contributed by atoms with Crippen molar-refractivity contribution in [1.29, 1.82) is 0 Å². The summed E-state index contributed by atoms with van der Waals surface area (Å²) in [5.41, 5.74) is 2.14. The molecule has 0 radical (unpaired) electrons. The van der Waals surface area contributed by atoms with Gasteiger partial charge < -0.3 is 5.32 Å². The molecule has 0 aliphatic heterocycles. The second-order valence-electron chi connectivity index (χ2n) is 6.00. The van der Waals surface area contributed by atoms with Crippen LogP contribution < -0.4 is 5.32 Å². The summed E-state index contributed by atoms with van der Waals surface area (Å²) >= 11 is 1.46. The molecule has 0 unspecified atom stereocenters. The van der Waals surface area contributed by atoms with Gasteiger partial charge in [0.25, 0.3) is 0 Å². The predicted molar refractivity (Wildman–Crippen MR) is 103 cm³/mol. The van der Waals surface area contributed by atoms with E-state index in [1.165, 1.54) is 17.3 Å². The molecule has 0 fully saturated rings. The van der Waals surface area contributed by atoms with Crippen molar-refractivity contribution < 1.29 is 4.79 Å². The molecule has 0 bridgehead atoms. The number of rotatable bonds is 6. The van der Waals surface area contributed by atoms with Crippen LogP contribution in [-0.4, -0.2) is 28.2 Å². The number of hydrogen-bond donors (Lipinski definition) is 1. The Morgan fingerprint density at radius 1 is 1.08 bits per heavy atom. The topological polar surface area (TPSA) is 54.9 Å². The first-order valence-electron chi connectivity index (χ1n) is 8.31. The second kappa shape index (κ2) is 8.12. The summed E-state index contributed by atoms with van der Waals surface area (Å²) in [4.78, 5) is 21.1. The monoisotopic (exact) mass is 351 g/mol. The lowest BCUT2D eigenvalue weighted by Gasteiger charge is -2.13. The summed E-state index contributed by atoms with van der Waals surface area (Å²) in [7, 11) is 0. The van der Waals surface area contributed by atoms with E-state index in [4.69, 9.17) is 0 Å². The normalized spacial score (nSPS) is 12.1. The van der Waals surface area contributed by atoms with Crippen molar-refractivity contribution >= 4 is 28.6 Å². The van der Waals surface area contributed by atoms with Crippen molar-refractivity contribution in [2.75, 3.05) is 12.3 Å². The number of thioether (sulfide) groups is 1. The zero-order chi connectivity index (χ0) is 17.6. The molecular formula is C20H21N3OS. The van der Waals surface area contributed by atoms with Gasteiger partial charge in [-0.05, 0) is 24.5 Å². The highest BCUT2D eigenvalue weighted by Crippen LogP contribution is 2.25. The second-order valence-corrected chi connectivity index (χ2v) is 6.96. The number of para-hydroxylation sites is 1. The van der Waals surface area contributed by atoms with Crippen molar-refractivity contribution in [1.82, 2.24) is 15.3 Å². The highest BCUT2D eigenvalue weighted by molar-refractivity contribution is 8.00. The van der Waals surface area contributed by atoms with Gasteiger partial charge in [-0.3, -0.25) is 4.79 Å². The molecular weight excluding hydrogens is 330 g/mol. The number of benzene rings is 2. The number of aromatic nitrogens is 2. The molecule has 4 nitrogen and oxygen atoms in total. The molecule has 3 rings (SSSR count). The number of hydrogen-bond acceptors (Lipinski definition) is 4. The summed E-state index contributed by atoms with van der Waals surface area (Å²) in [6.45, 7) is 4.62. The van der Waals surface area contributed by atoms with Gasteiger partial charge in [0.15, 0.2) is 0 Å². The van der Waals surface area contributed by atoms with E-state index in [0.717, 1.165) is 21.8 Å². The molecule has 1 N–H and O–H groups in total. The highest BCUT2D eigenvalue weighted by Gasteiger charge is 2.11. The van der Waals surface area contributed by atoms with E-state index in [1.54, 1.807) is 0 Å². The van der Waals surface area contributed by atoms with Crippen molar-refractivity contribution in [2.24, 2.45) is 0 Å². The van der Waals surface area contributed by atoms with Crippen LogP contribution in [0.15, 0.2) is 59.6 Å². The maximum atomic E-state index is 12.2. The van der Waals surface area contributed by atoms with Gasteiger partial charge in [0.1, 0.15) is 10.9 Å².